The second-order valence-corrected chi connectivity index (χ2v) is 6.73. The lowest BCUT2D eigenvalue weighted by atomic mass is 9.79. The van der Waals surface area contributed by atoms with Gasteiger partial charge in [-0.3, -0.25) is 4.79 Å². The number of ether oxygens (including phenoxy) is 1. The first-order valence-electron chi connectivity index (χ1n) is 7.56. The van der Waals surface area contributed by atoms with Crippen LogP contribution in [0.2, 0.25) is 0 Å². The number of methoxy groups -OCH3 is 1. The third-order valence-corrected chi connectivity index (χ3v) is 4.66. The maximum atomic E-state index is 12.6. The monoisotopic (exact) mass is 268 g/mol. The zero-order valence-corrected chi connectivity index (χ0v) is 12.5. The molecule has 0 aromatic rings. The van der Waals surface area contributed by atoms with E-state index >= 15 is 0 Å². The van der Waals surface area contributed by atoms with Crippen molar-refractivity contribution < 1.29 is 9.53 Å². The molecule has 2 aliphatic rings. The summed E-state index contributed by atoms with van der Waals surface area (Å²) in [4.78, 5) is 12.6. The molecule has 2 N–H and O–H groups in total. The van der Waals surface area contributed by atoms with Gasteiger partial charge in [-0.2, -0.15) is 0 Å². The van der Waals surface area contributed by atoms with Crippen LogP contribution in [0, 0.1) is 17.3 Å². The SMILES string of the molecule is COCC1(C(=O)NC2CC(C)CC(C)C2)CCNC1. The molecule has 2 rings (SSSR count). The lowest BCUT2D eigenvalue weighted by molar-refractivity contribution is -0.134. The van der Waals surface area contributed by atoms with Crippen LogP contribution < -0.4 is 10.6 Å². The van der Waals surface area contributed by atoms with E-state index in [1.54, 1.807) is 7.11 Å². The first-order chi connectivity index (χ1) is 9.05. The number of carbonyl (C=O) groups is 1. The summed E-state index contributed by atoms with van der Waals surface area (Å²) < 4.78 is 5.28. The Morgan fingerprint density at radius 1 is 1.32 bits per heavy atom. The summed E-state index contributed by atoms with van der Waals surface area (Å²) in [5, 5.41) is 6.58. The van der Waals surface area contributed by atoms with E-state index in [1.165, 1.54) is 6.42 Å². The number of rotatable bonds is 4. The summed E-state index contributed by atoms with van der Waals surface area (Å²) in [7, 11) is 1.68. The molecule has 0 spiro atoms. The van der Waals surface area contributed by atoms with Gasteiger partial charge in [-0.1, -0.05) is 13.8 Å². The van der Waals surface area contributed by atoms with Gasteiger partial charge >= 0.3 is 0 Å². The molecule has 1 amide bonds. The van der Waals surface area contributed by atoms with E-state index in [-0.39, 0.29) is 11.3 Å². The Hall–Kier alpha value is -0.610. The summed E-state index contributed by atoms with van der Waals surface area (Å²) in [6, 6.07) is 0.348. The number of amides is 1. The molecule has 4 nitrogen and oxygen atoms in total. The quantitative estimate of drug-likeness (QED) is 0.813. The van der Waals surface area contributed by atoms with Gasteiger partial charge in [-0.25, -0.2) is 0 Å². The Bertz CT molecular complexity index is 303. The predicted octanol–water partition coefficient (Wildman–Crippen LogP) is 1.55. The van der Waals surface area contributed by atoms with Crippen LogP contribution in [0.25, 0.3) is 0 Å². The van der Waals surface area contributed by atoms with Gasteiger partial charge < -0.3 is 15.4 Å². The minimum atomic E-state index is -0.349. The molecule has 0 aromatic carbocycles. The van der Waals surface area contributed by atoms with Crippen molar-refractivity contribution in [3.63, 3.8) is 0 Å². The fourth-order valence-corrected chi connectivity index (χ4v) is 3.81. The van der Waals surface area contributed by atoms with E-state index < -0.39 is 0 Å². The van der Waals surface area contributed by atoms with Crippen molar-refractivity contribution in [3.8, 4) is 0 Å². The van der Waals surface area contributed by atoms with Crippen molar-refractivity contribution >= 4 is 5.91 Å². The van der Waals surface area contributed by atoms with Crippen LogP contribution in [-0.2, 0) is 9.53 Å². The van der Waals surface area contributed by atoms with Gasteiger partial charge in [0.15, 0.2) is 0 Å². The highest BCUT2D eigenvalue weighted by atomic mass is 16.5. The molecule has 110 valence electrons. The van der Waals surface area contributed by atoms with Gasteiger partial charge in [0.05, 0.1) is 12.0 Å². The van der Waals surface area contributed by atoms with Crippen LogP contribution in [0.4, 0.5) is 0 Å². The Kier molecular flexibility index (Phi) is 4.85. The van der Waals surface area contributed by atoms with Crippen LogP contribution >= 0.6 is 0 Å². The number of hydrogen-bond donors (Lipinski definition) is 2. The third-order valence-electron chi connectivity index (χ3n) is 4.66. The zero-order valence-electron chi connectivity index (χ0n) is 12.5. The van der Waals surface area contributed by atoms with Crippen molar-refractivity contribution in [1.82, 2.24) is 10.6 Å². The van der Waals surface area contributed by atoms with Crippen molar-refractivity contribution in [2.75, 3.05) is 26.8 Å². The van der Waals surface area contributed by atoms with Gasteiger partial charge in [0.25, 0.3) is 0 Å². The highest BCUT2D eigenvalue weighted by Gasteiger charge is 2.42. The first-order valence-corrected chi connectivity index (χ1v) is 7.56. The fraction of sp³-hybridized carbons (Fsp3) is 0.933. The lowest BCUT2D eigenvalue weighted by Crippen LogP contribution is -2.50. The molecule has 0 aromatic heterocycles. The molecule has 1 aliphatic carbocycles. The topological polar surface area (TPSA) is 50.4 Å². The maximum absolute atomic E-state index is 12.6. The summed E-state index contributed by atoms with van der Waals surface area (Å²) in [5.41, 5.74) is -0.349. The predicted molar refractivity (Wildman–Crippen MR) is 75.9 cm³/mol. The fourth-order valence-electron chi connectivity index (χ4n) is 3.81. The van der Waals surface area contributed by atoms with E-state index in [4.69, 9.17) is 4.74 Å². The Balaban J connectivity index is 1.95. The summed E-state index contributed by atoms with van der Waals surface area (Å²) in [5.74, 6) is 1.62. The van der Waals surface area contributed by atoms with E-state index in [0.717, 1.165) is 32.4 Å². The van der Waals surface area contributed by atoms with Gasteiger partial charge in [0.1, 0.15) is 0 Å². The van der Waals surface area contributed by atoms with Crippen LogP contribution in [0.15, 0.2) is 0 Å². The molecule has 1 aliphatic heterocycles. The summed E-state index contributed by atoms with van der Waals surface area (Å²) in [6.07, 6.45) is 4.40. The second kappa shape index (κ2) is 6.23. The van der Waals surface area contributed by atoms with E-state index in [1.807, 2.05) is 0 Å². The molecule has 3 atom stereocenters. The first kappa shape index (κ1) is 14.8. The number of hydrogen-bond acceptors (Lipinski definition) is 3. The molecule has 4 heteroatoms. The van der Waals surface area contributed by atoms with Gasteiger partial charge in [0, 0.05) is 19.7 Å². The smallest absolute Gasteiger partial charge is 0.230 e. The van der Waals surface area contributed by atoms with Gasteiger partial charge in [-0.05, 0) is 44.1 Å². The van der Waals surface area contributed by atoms with Crippen molar-refractivity contribution in [2.24, 2.45) is 17.3 Å². The van der Waals surface area contributed by atoms with Crippen molar-refractivity contribution in [2.45, 2.75) is 45.6 Å². The van der Waals surface area contributed by atoms with E-state index in [9.17, 15) is 4.79 Å². The molecular formula is C15H28N2O2. The van der Waals surface area contributed by atoms with Gasteiger partial charge in [-0.15, -0.1) is 0 Å². The summed E-state index contributed by atoms with van der Waals surface area (Å²) >= 11 is 0. The molecular weight excluding hydrogens is 240 g/mol. The largest absolute Gasteiger partial charge is 0.384 e. The number of carbonyl (C=O) groups excluding carboxylic acids is 1. The van der Waals surface area contributed by atoms with E-state index in [0.29, 0.717) is 24.5 Å². The average molecular weight is 268 g/mol. The van der Waals surface area contributed by atoms with Crippen molar-refractivity contribution in [1.29, 1.82) is 0 Å². The molecule has 1 heterocycles. The molecule has 1 saturated carbocycles. The molecule has 0 bridgehead atoms. The van der Waals surface area contributed by atoms with Gasteiger partial charge in [0.2, 0.25) is 5.91 Å². The number of nitrogens with one attached hydrogen (secondary N) is 2. The van der Waals surface area contributed by atoms with Crippen LogP contribution in [0.5, 0.6) is 0 Å². The highest BCUT2D eigenvalue weighted by molar-refractivity contribution is 5.83. The third kappa shape index (κ3) is 3.48. The minimum Gasteiger partial charge on any atom is -0.384 e. The molecule has 2 fully saturated rings. The van der Waals surface area contributed by atoms with Crippen LogP contribution in [0.3, 0.4) is 0 Å². The minimum absolute atomic E-state index is 0.186. The van der Waals surface area contributed by atoms with Crippen molar-refractivity contribution in [3.05, 3.63) is 0 Å². The normalized spacial score (nSPS) is 39.2. The highest BCUT2D eigenvalue weighted by Crippen LogP contribution is 2.31. The summed E-state index contributed by atoms with van der Waals surface area (Å²) in [6.45, 7) is 6.75. The second-order valence-electron chi connectivity index (χ2n) is 6.73. The zero-order chi connectivity index (χ0) is 13.9. The van der Waals surface area contributed by atoms with Crippen LogP contribution in [0.1, 0.15) is 39.5 Å². The maximum Gasteiger partial charge on any atom is 0.230 e. The Morgan fingerprint density at radius 2 is 2.00 bits per heavy atom. The molecule has 3 unspecified atom stereocenters. The Morgan fingerprint density at radius 3 is 2.53 bits per heavy atom. The molecule has 19 heavy (non-hydrogen) atoms. The van der Waals surface area contributed by atoms with Crippen LogP contribution in [-0.4, -0.2) is 38.8 Å². The Labute approximate surface area is 116 Å². The lowest BCUT2D eigenvalue weighted by Gasteiger charge is -2.35. The standard InChI is InChI=1S/C15H28N2O2/c1-11-6-12(2)8-13(7-11)17-14(18)15(10-19-3)4-5-16-9-15/h11-13,16H,4-10H2,1-3H3,(H,17,18). The molecule has 1 saturated heterocycles. The van der Waals surface area contributed by atoms with E-state index in [2.05, 4.69) is 24.5 Å². The molecule has 0 radical (unpaired) electrons. The average Bonchev–Trinajstić information content (AvgIpc) is 2.78.